The molecule has 0 spiro atoms. The van der Waals surface area contributed by atoms with Crippen molar-refractivity contribution in [3.63, 3.8) is 0 Å². The first-order chi connectivity index (χ1) is 12.5. The van der Waals surface area contributed by atoms with Gasteiger partial charge in [0.2, 0.25) is 0 Å². The number of carbonyl (C=O) groups excluding carboxylic acids is 3. The highest BCUT2D eigenvalue weighted by atomic mass is 16.5. The van der Waals surface area contributed by atoms with Crippen molar-refractivity contribution >= 4 is 29.2 Å². The molecule has 11 nitrogen and oxygen atoms in total. The lowest BCUT2D eigenvalue weighted by atomic mass is 10.1. The summed E-state index contributed by atoms with van der Waals surface area (Å²) >= 11 is 0. The first-order valence-electron chi connectivity index (χ1n) is 7.84. The first kappa shape index (κ1) is 15.9. The van der Waals surface area contributed by atoms with Crippen molar-refractivity contribution < 1.29 is 19.1 Å². The van der Waals surface area contributed by atoms with Crippen LogP contribution in [-0.2, 0) is 4.79 Å². The van der Waals surface area contributed by atoms with E-state index in [0.29, 0.717) is 30.2 Å². The van der Waals surface area contributed by atoms with Gasteiger partial charge >= 0.3 is 6.03 Å². The Morgan fingerprint density at radius 1 is 1.35 bits per heavy atom. The lowest BCUT2D eigenvalue weighted by Gasteiger charge is -2.38. The van der Waals surface area contributed by atoms with Crippen LogP contribution in [0.3, 0.4) is 0 Å². The molecule has 3 heterocycles. The number of ether oxygens (including phenoxy) is 1. The van der Waals surface area contributed by atoms with Crippen LogP contribution in [-0.4, -0.2) is 57.4 Å². The number of nitrogens with two attached hydrogens (primary N) is 1. The zero-order valence-electron chi connectivity index (χ0n) is 13.5. The van der Waals surface area contributed by atoms with E-state index in [1.54, 1.807) is 23.1 Å². The summed E-state index contributed by atoms with van der Waals surface area (Å²) in [7, 11) is 0. The maximum absolute atomic E-state index is 12.3. The van der Waals surface area contributed by atoms with Crippen molar-refractivity contribution in [2.45, 2.75) is 6.04 Å². The summed E-state index contributed by atoms with van der Waals surface area (Å²) in [6.45, 7) is 0.837. The minimum absolute atomic E-state index is 0.0202. The fourth-order valence-electron chi connectivity index (χ4n) is 2.72. The lowest BCUT2D eigenvalue weighted by molar-refractivity contribution is -0.118. The highest BCUT2D eigenvalue weighted by Crippen LogP contribution is 2.31. The van der Waals surface area contributed by atoms with Gasteiger partial charge in [-0.25, -0.2) is 9.48 Å². The second kappa shape index (κ2) is 6.02. The third-order valence-corrected chi connectivity index (χ3v) is 4.15. The van der Waals surface area contributed by atoms with Crippen LogP contribution in [0.1, 0.15) is 16.5 Å². The number of hydrogen-bond acceptors (Lipinski definition) is 6. The van der Waals surface area contributed by atoms with Crippen LogP contribution in [0.5, 0.6) is 5.75 Å². The second-order valence-corrected chi connectivity index (χ2v) is 5.98. The summed E-state index contributed by atoms with van der Waals surface area (Å²) in [5.74, 6) is -0.327. The number of nitrogens with one attached hydrogen (secondary N) is 2. The Labute approximate surface area is 147 Å². The maximum Gasteiger partial charge on any atom is 0.321 e. The van der Waals surface area contributed by atoms with Crippen molar-refractivity contribution in [3.05, 3.63) is 30.1 Å². The van der Waals surface area contributed by atoms with Gasteiger partial charge in [0.15, 0.2) is 12.3 Å². The van der Waals surface area contributed by atoms with E-state index in [1.165, 1.54) is 10.9 Å². The number of hydrogen-bond donors (Lipinski definition) is 3. The third kappa shape index (κ3) is 2.90. The molecule has 0 atom stereocenters. The van der Waals surface area contributed by atoms with Gasteiger partial charge in [-0.3, -0.25) is 9.59 Å². The van der Waals surface area contributed by atoms with E-state index in [2.05, 4.69) is 20.9 Å². The van der Waals surface area contributed by atoms with Crippen LogP contribution in [0.15, 0.2) is 24.4 Å². The number of amides is 4. The Hall–Kier alpha value is -3.63. The van der Waals surface area contributed by atoms with Gasteiger partial charge in [-0.1, -0.05) is 5.21 Å². The molecule has 2 aliphatic heterocycles. The standard InChI is InChI=1S/C15H15N7O4/c16-14(24)11-6-22(20-19-11)9-4-21(5-9)15(25)17-8-1-2-12-10(3-8)18-13(23)7-26-12/h1-3,6,9H,4-5,7H2,(H2,16,24)(H,17,25)(H,18,23). The van der Waals surface area contributed by atoms with E-state index in [9.17, 15) is 14.4 Å². The molecule has 1 fully saturated rings. The summed E-state index contributed by atoms with van der Waals surface area (Å²) in [5, 5.41) is 13.0. The number of primary amides is 1. The monoisotopic (exact) mass is 357 g/mol. The van der Waals surface area contributed by atoms with Gasteiger partial charge in [0.05, 0.1) is 17.9 Å². The van der Waals surface area contributed by atoms with Gasteiger partial charge in [-0.2, -0.15) is 0 Å². The fraction of sp³-hybridized carbons (Fsp3) is 0.267. The highest BCUT2D eigenvalue weighted by Gasteiger charge is 2.33. The van der Waals surface area contributed by atoms with Gasteiger partial charge in [-0.05, 0) is 18.2 Å². The minimum Gasteiger partial charge on any atom is -0.482 e. The predicted octanol–water partition coefficient (Wildman–Crippen LogP) is -0.203. The number of rotatable bonds is 3. The molecule has 4 rings (SSSR count). The van der Waals surface area contributed by atoms with E-state index in [0.717, 1.165) is 0 Å². The van der Waals surface area contributed by atoms with Crippen molar-refractivity contribution in [3.8, 4) is 5.75 Å². The predicted molar refractivity (Wildman–Crippen MR) is 88.7 cm³/mol. The number of likely N-dealkylation sites (tertiary alicyclic amines) is 1. The van der Waals surface area contributed by atoms with Crippen molar-refractivity contribution in [2.24, 2.45) is 5.73 Å². The van der Waals surface area contributed by atoms with Crippen molar-refractivity contribution in [1.29, 1.82) is 0 Å². The van der Waals surface area contributed by atoms with E-state index in [1.807, 2.05) is 0 Å². The number of anilines is 2. The molecule has 0 unspecified atom stereocenters. The zero-order chi connectivity index (χ0) is 18.3. The van der Waals surface area contributed by atoms with Gasteiger partial charge in [0.25, 0.3) is 11.8 Å². The Morgan fingerprint density at radius 3 is 2.88 bits per heavy atom. The number of carbonyl (C=O) groups is 3. The topological polar surface area (TPSA) is 144 Å². The first-order valence-corrected chi connectivity index (χ1v) is 7.84. The number of fused-ring (bicyclic) bond motifs is 1. The number of nitrogens with zero attached hydrogens (tertiary/aromatic N) is 4. The van der Waals surface area contributed by atoms with Gasteiger partial charge in [0.1, 0.15) is 5.75 Å². The number of aromatic nitrogens is 3. The maximum atomic E-state index is 12.3. The van der Waals surface area contributed by atoms with Crippen LogP contribution in [0, 0.1) is 0 Å². The molecule has 1 saturated heterocycles. The van der Waals surface area contributed by atoms with Gasteiger partial charge in [0, 0.05) is 18.8 Å². The fourth-order valence-corrected chi connectivity index (χ4v) is 2.72. The Balaban J connectivity index is 1.35. The van der Waals surface area contributed by atoms with Crippen LogP contribution < -0.4 is 21.1 Å². The molecular formula is C15H15N7O4. The molecule has 1 aromatic heterocycles. The molecule has 11 heteroatoms. The molecule has 26 heavy (non-hydrogen) atoms. The van der Waals surface area contributed by atoms with Gasteiger partial charge in [-0.15, -0.1) is 5.10 Å². The molecule has 1 aromatic carbocycles. The average Bonchev–Trinajstić information content (AvgIpc) is 3.03. The molecule has 0 bridgehead atoms. The third-order valence-electron chi connectivity index (χ3n) is 4.15. The molecule has 2 aliphatic rings. The van der Waals surface area contributed by atoms with E-state index in [4.69, 9.17) is 10.5 Å². The Bertz CT molecular complexity index is 903. The van der Waals surface area contributed by atoms with E-state index in [-0.39, 0.29) is 30.3 Å². The summed E-state index contributed by atoms with van der Waals surface area (Å²) in [5.41, 5.74) is 6.29. The summed E-state index contributed by atoms with van der Waals surface area (Å²) in [4.78, 5) is 36.3. The van der Waals surface area contributed by atoms with E-state index < -0.39 is 5.91 Å². The molecule has 4 N–H and O–H groups in total. The molecule has 0 saturated carbocycles. The summed E-state index contributed by atoms with van der Waals surface area (Å²) in [6, 6.07) is 4.68. The number of benzene rings is 1. The van der Waals surface area contributed by atoms with Gasteiger partial charge < -0.3 is 26.0 Å². The summed E-state index contributed by atoms with van der Waals surface area (Å²) < 4.78 is 6.80. The minimum atomic E-state index is -0.645. The molecule has 0 aliphatic carbocycles. The smallest absolute Gasteiger partial charge is 0.321 e. The molecular weight excluding hydrogens is 342 g/mol. The SMILES string of the molecule is NC(=O)c1cn(C2CN(C(=O)Nc3ccc4c(c3)NC(=O)CO4)C2)nn1. The van der Waals surface area contributed by atoms with Crippen LogP contribution in [0.4, 0.5) is 16.2 Å². The van der Waals surface area contributed by atoms with E-state index >= 15 is 0 Å². The molecule has 2 aromatic rings. The zero-order valence-corrected chi connectivity index (χ0v) is 13.5. The normalized spacial score (nSPS) is 16.2. The molecule has 0 radical (unpaired) electrons. The molecule has 4 amide bonds. The van der Waals surface area contributed by atoms with Crippen molar-refractivity contribution in [2.75, 3.05) is 30.3 Å². The molecule has 134 valence electrons. The van der Waals surface area contributed by atoms with Crippen LogP contribution in [0.25, 0.3) is 0 Å². The second-order valence-electron chi connectivity index (χ2n) is 5.98. The van der Waals surface area contributed by atoms with Crippen LogP contribution >= 0.6 is 0 Å². The Kier molecular flexibility index (Phi) is 3.68. The number of urea groups is 1. The largest absolute Gasteiger partial charge is 0.482 e. The highest BCUT2D eigenvalue weighted by molar-refractivity contribution is 5.97. The quantitative estimate of drug-likeness (QED) is 0.693. The Morgan fingerprint density at radius 2 is 2.15 bits per heavy atom. The average molecular weight is 357 g/mol. The summed E-state index contributed by atoms with van der Waals surface area (Å²) in [6.07, 6.45) is 1.47. The van der Waals surface area contributed by atoms with Crippen molar-refractivity contribution in [1.82, 2.24) is 19.9 Å². The van der Waals surface area contributed by atoms with Crippen LogP contribution in [0.2, 0.25) is 0 Å². The lowest BCUT2D eigenvalue weighted by Crippen LogP contribution is -2.52.